The molecular weight excluding hydrogens is 254 g/mol. The molecule has 0 saturated carbocycles. The molecule has 3 rings (SSSR count). The number of hydrogen-bond acceptors (Lipinski definition) is 3. The molecule has 1 aromatic heterocycles. The molecule has 2 aromatic rings. The quantitative estimate of drug-likeness (QED) is 0.851. The van der Waals surface area contributed by atoms with E-state index in [0.29, 0.717) is 10.9 Å². The second-order valence-corrected chi connectivity index (χ2v) is 5.50. The zero-order valence-corrected chi connectivity index (χ0v) is 11.8. The van der Waals surface area contributed by atoms with Gasteiger partial charge in [0.25, 0.3) is 5.56 Å². The maximum Gasteiger partial charge on any atom is 0.332 e. The molecule has 1 unspecified atom stereocenters. The van der Waals surface area contributed by atoms with Crippen LogP contribution >= 0.6 is 0 Å². The van der Waals surface area contributed by atoms with Gasteiger partial charge in [0.2, 0.25) is 0 Å². The molecule has 0 bridgehead atoms. The first kappa shape index (κ1) is 13.1. The molecule has 1 atom stereocenters. The molecule has 1 aliphatic heterocycles. The number of piperidine rings is 1. The van der Waals surface area contributed by atoms with E-state index in [1.807, 2.05) is 25.1 Å². The second kappa shape index (κ2) is 4.90. The summed E-state index contributed by atoms with van der Waals surface area (Å²) in [7, 11) is 1.72. The summed E-state index contributed by atoms with van der Waals surface area (Å²) < 4.78 is 2.94. The summed E-state index contributed by atoms with van der Waals surface area (Å²) in [4.78, 5) is 25.1. The average molecular weight is 273 g/mol. The fourth-order valence-electron chi connectivity index (χ4n) is 2.92. The monoisotopic (exact) mass is 273 g/mol. The van der Waals surface area contributed by atoms with Gasteiger partial charge in [-0.3, -0.25) is 14.7 Å². The van der Waals surface area contributed by atoms with Gasteiger partial charge in [-0.15, -0.1) is 0 Å². The van der Waals surface area contributed by atoms with E-state index in [-0.39, 0.29) is 17.4 Å². The molecule has 106 valence electrons. The Hall–Kier alpha value is -1.88. The topological polar surface area (TPSA) is 56.0 Å². The highest BCUT2D eigenvalue weighted by atomic mass is 16.2. The van der Waals surface area contributed by atoms with E-state index in [0.717, 1.165) is 31.4 Å². The fraction of sp³-hybridized carbons (Fsp3) is 0.467. The zero-order chi connectivity index (χ0) is 14.3. The third-order valence-corrected chi connectivity index (χ3v) is 4.05. The molecule has 1 N–H and O–H groups in total. The highest BCUT2D eigenvalue weighted by molar-refractivity contribution is 5.78. The summed E-state index contributed by atoms with van der Waals surface area (Å²) in [6.45, 7) is 2.80. The summed E-state index contributed by atoms with van der Waals surface area (Å²) in [5.74, 6) is 0. The normalized spacial score (nSPS) is 19.4. The van der Waals surface area contributed by atoms with Crippen LogP contribution in [0, 0.1) is 6.92 Å². The van der Waals surface area contributed by atoms with Crippen LogP contribution in [0.15, 0.2) is 27.8 Å². The highest BCUT2D eigenvalue weighted by Crippen LogP contribution is 2.15. The first-order valence-electron chi connectivity index (χ1n) is 7.05. The first-order chi connectivity index (χ1) is 9.59. The largest absolute Gasteiger partial charge is 0.332 e. The minimum absolute atomic E-state index is 0.181. The summed E-state index contributed by atoms with van der Waals surface area (Å²) >= 11 is 0. The number of aromatic nitrogens is 2. The van der Waals surface area contributed by atoms with Crippen molar-refractivity contribution in [1.82, 2.24) is 14.5 Å². The Labute approximate surface area is 116 Å². The van der Waals surface area contributed by atoms with Gasteiger partial charge in [-0.2, -0.15) is 0 Å². The molecule has 0 aliphatic carbocycles. The van der Waals surface area contributed by atoms with Gasteiger partial charge >= 0.3 is 5.69 Å². The van der Waals surface area contributed by atoms with Gasteiger partial charge in [-0.25, -0.2) is 9.36 Å². The number of nitrogens with one attached hydrogen (secondary N) is 1. The van der Waals surface area contributed by atoms with Crippen molar-refractivity contribution in [3.8, 4) is 0 Å². The maximum absolute atomic E-state index is 12.7. The van der Waals surface area contributed by atoms with Crippen LogP contribution < -0.4 is 16.6 Å². The van der Waals surface area contributed by atoms with Crippen molar-refractivity contribution in [2.45, 2.75) is 32.4 Å². The SMILES string of the molecule is Cc1ccc2c(c1)c(=O)n(C1CCCCN1)c(=O)n2C. The van der Waals surface area contributed by atoms with E-state index in [2.05, 4.69) is 5.32 Å². The van der Waals surface area contributed by atoms with Gasteiger partial charge in [-0.1, -0.05) is 11.6 Å². The van der Waals surface area contributed by atoms with Crippen molar-refractivity contribution < 1.29 is 0 Å². The number of aryl methyl sites for hydroxylation is 2. The lowest BCUT2D eigenvalue weighted by atomic mass is 10.1. The standard InChI is InChI=1S/C15H19N3O2/c1-10-6-7-12-11(9-10)14(19)18(15(20)17(12)2)13-5-3-4-8-16-13/h6-7,9,13,16H,3-5,8H2,1-2H3. The van der Waals surface area contributed by atoms with E-state index < -0.39 is 0 Å². The highest BCUT2D eigenvalue weighted by Gasteiger charge is 2.20. The molecule has 1 saturated heterocycles. The van der Waals surface area contributed by atoms with Crippen molar-refractivity contribution in [3.63, 3.8) is 0 Å². The summed E-state index contributed by atoms with van der Waals surface area (Å²) in [6, 6.07) is 5.62. The van der Waals surface area contributed by atoms with Gasteiger partial charge < -0.3 is 0 Å². The Morgan fingerprint density at radius 3 is 2.75 bits per heavy atom. The Morgan fingerprint density at radius 1 is 1.25 bits per heavy atom. The smallest absolute Gasteiger partial charge is 0.297 e. The number of hydrogen-bond donors (Lipinski definition) is 1. The fourth-order valence-corrected chi connectivity index (χ4v) is 2.92. The molecule has 1 aliphatic rings. The minimum atomic E-state index is -0.245. The second-order valence-electron chi connectivity index (χ2n) is 5.50. The molecule has 5 nitrogen and oxygen atoms in total. The van der Waals surface area contributed by atoms with Gasteiger partial charge in [0, 0.05) is 7.05 Å². The van der Waals surface area contributed by atoms with Crippen molar-refractivity contribution >= 4 is 10.9 Å². The lowest BCUT2D eigenvalue weighted by Gasteiger charge is -2.25. The summed E-state index contributed by atoms with van der Waals surface area (Å²) in [5, 5.41) is 3.88. The van der Waals surface area contributed by atoms with E-state index in [1.165, 1.54) is 4.57 Å². The minimum Gasteiger partial charge on any atom is -0.297 e. The van der Waals surface area contributed by atoms with Gasteiger partial charge in [0.05, 0.1) is 17.1 Å². The molecule has 5 heteroatoms. The average Bonchev–Trinajstić information content (AvgIpc) is 2.46. The number of fused-ring (bicyclic) bond motifs is 1. The molecule has 0 radical (unpaired) electrons. The summed E-state index contributed by atoms with van der Waals surface area (Å²) in [6.07, 6.45) is 2.78. The van der Waals surface area contributed by atoms with Crippen molar-refractivity contribution in [1.29, 1.82) is 0 Å². The Kier molecular flexibility index (Phi) is 3.22. The van der Waals surface area contributed by atoms with Crippen LogP contribution in [0.4, 0.5) is 0 Å². The lowest BCUT2D eigenvalue weighted by Crippen LogP contribution is -2.47. The molecule has 2 heterocycles. The molecule has 0 spiro atoms. The van der Waals surface area contributed by atoms with Crippen molar-refractivity contribution in [2.75, 3.05) is 6.54 Å². The third kappa shape index (κ3) is 1.98. The molecule has 1 aromatic carbocycles. The molecule has 1 fully saturated rings. The lowest BCUT2D eigenvalue weighted by molar-refractivity contribution is 0.303. The van der Waals surface area contributed by atoms with Crippen LogP contribution in [0.1, 0.15) is 31.0 Å². The predicted molar refractivity (Wildman–Crippen MR) is 79.1 cm³/mol. The van der Waals surface area contributed by atoms with Gasteiger partial charge in [0.15, 0.2) is 0 Å². The van der Waals surface area contributed by atoms with Crippen LogP contribution in [0.2, 0.25) is 0 Å². The van der Waals surface area contributed by atoms with E-state index in [1.54, 1.807) is 11.6 Å². The van der Waals surface area contributed by atoms with Crippen LogP contribution in [0.3, 0.4) is 0 Å². The van der Waals surface area contributed by atoms with E-state index >= 15 is 0 Å². The van der Waals surface area contributed by atoms with Gasteiger partial charge in [-0.05, 0) is 44.9 Å². The molecule has 0 amide bonds. The Balaban J connectivity index is 2.32. The van der Waals surface area contributed by atoms with Crippen LogP contribution in [0.25, 0.3) is 10.9 Å². The number of benzene rings is 1. The van der Waals surface area contributed by atoms with Crippen molar-refractivity contribution in [2.24, 2.45) is 7.05 Å². The predicted octanol–water partition coefficient (Wildman–Crippen LogP) is 1.28. The zero-order valence-electron chi connectivity index (χ0n) is 11.8. The molecular formula is C15H19N3O2. The maximum atomic E-state index is 12.7. The number of rotatable bonds is 1. The van der Waals surface area contributed by atoms with Crippen molar-refractivity contribution in [3.05, 3.63) is 44.6 Å². The van der Waals surface area contributed by atoms with Crippen LogP contribution in [0.5, 0.6) is 0 Å². The van der Waals surface area contributed by atoms with Crippen LogP contribution in [-0.4, -0.2) is 15.7 Å². The number of nitrogens with zero attached hydrogens (tertiary/aromatic N) is 2. The Bertz CT molecular complexity index is 767. The van der Waals surface area contributed by atoms with E-state index in [4.69, 9.17) is 0 Å². The van der Waals surface area contributed by atoms with Gasteiger partial charge in [0.1, 0.15) is 0 Å². The Morgan fingerprint density at radius 2 is 2.05 bits per heavy atom. The van der Waals surface area contributed by atoms with Crippen LogP contribution in [-0.2, 0) is 7.05 Å². The first-order valence-corrected chi connectivity index (χ1v) is 7.05. The summed E-state index contributed by atoms with van der Waals surface area (Å²) in [5.41, 5.74) is 1.28. The third-order valence-electron chi connectivity index (χ3n) is 4.05. The molecule has 20 heavy (non-hydrogen) atoms. The van der Waals surface area contributed by atoms with E-state index in [9.17, 15) is 9.59 Å².